The van der Waals surface area contributed by atoms with E-state index < -0.39 is 36.4 Å². The Morgan fingerprint density at radius 3 is 2.29 bits per heavy atom. The van der Waals surface area contributed by atoms with Gasteiger partial charge in [-0.05, 0) is 30.1 Å². The number of ether oxygens (including phenoxy) is 1. The Morgan fingerprint density at radius 1 is 1.29 bits per heavy atom. The largest absolute Gasteiger partial charge is 0.481 e. The molecule has 1 aliphatic carbocycles. The highest BCUT2D eigenvalue weighted by atomic mass is 16.5. The third-order valence-corrected chi connectivity index (χ3v) is 4.12. The van der Waals surface area contributed by atoms with Crippen molar-refractivity contribution in [3.63, 3.8) is 0 Å². The smallest absolute Gasteiger partial charge is 0.332 e. The maximum absolute atomic E-state index is 12.0. The summed E-state index contributed by atoms with van der Waals surface area (Å²) in [6.07, 6.45) is 5.37. The molecule has 0 bridgehead atoms. The summed E-state index contributed by atoms with van der Waals surface area (Å²) in [4.78, 5) is 34.5. The van der Waals surface area contributed by atoms with Crippen LogP contribution in [-0.4, -0.2) is 42.1 Å². The second-order valence-corrected chi connectivity index (χ2v) is 7.33. The van der Waals surface area contributed by atoms with Crippen molar-refractivity contribution >= 4 is 17.8 Å². The quantitative estimate of drug-likeness (QED) is 0.449. The van der Waals surface area contributed by atoms with E-state index in [2.05, 4.69) is 26.1 Å². The summed E-state index contributed by atoms with van der Waals surface area (Å²) >= 11 is 0. The number of hydrogen-bond acceptors (Lipinski definition) is 5. The Labute approximate surface area is 142 Å². The monoisotopic (exact) mass is 340 g/mol. The van der Waals surface area contributed by atoms with Gasteiger partial charge in [-0.15, -0.1) is 0 Å². The van der Waals surface area contributed by atoms with Gasteiger partial charge in [0.2, 0.25) is 5.91 Å². The second kappa shape index (κ2) is 8.28. The van der Waals surface area contributed by atoms with Gasteiger partial charge >= 0.3 is 11.9 Å². The van der Waals surface area contributed by atoms with Gasteiger partial charge in [0.05, 0.1) is 19.6 Å². The number of esters is 1. The lowest BCUT2D eigenvalue weighted by molar-refractivity contribution is -0.144. The maximum atomic E-state index is 12.0. The first kappa shape index (κ1) is 20.2. The number of carboxylic acid groups (broad SMARTS) is 1. The van der Waals surface area contributed by atoms with Gasteiger partial charge in [-0.3, -0.25) is 9.59 Å². The van der Waals surface area contributed by atoms with Gasteiger partial charge in [-0.1, -0.05) is 32.9 Å². The van der Waals surface area contributed by atoms with E-state index >= 15 is 0 Å². The van der Waals surface area contributed by atoms with E-state index in [0.717, 1.165) is 12.8 Å². The molecule has 0 radical (unpaired) electrons. The van der Waals surface area contributed by atoms with Crippen molar-refractivity contribution in [2.75, 3.05) is 7.11 Å². The number of allylic oxidation sites excluding steroid dienone is 1. The number of nitrogens with one attached hydrogen (secondary N) is 1. The zero-order valence-corrected chi connectivity index (χ0v) is 14.7. The molecule has 0 aromatic rings. The van der Waals surface area contributed by atoms with Gasteiger partial charge in [0.15, 0.2) is 0 Å². The van der Waals surface area contributed by atoms with Crippen LogP contribution in [-0.2, 0) is 19.1 Å². The van der Waals surface area contributed by atoms with Crippen LogP contribution in [0.4, 0.5) is 0 Å². The molecular formula is C17H28N2O5. The molecule has 24 heavy (non-hydrogen) atoms. The molecule has 0 aromatic carbocycles. The van der Waals surface area contributed by atoms with Crippen molar-refractivity contribution < 1.29 is 24.2 Å². The van der Waals surface area contributed by atoms with E-state index in [1.807, 2.05) is 6.08 Å². The van der Waals surface area contributed by atoms with Crippen LogP contribution in [0.15, 0.2) is 12.2 Å². The lowest BCUT2D eigenvalue weighted by Gasteiger charge is -2.28. The highest BCUT2D eigenvalue weighted by Gasteiger charge is 2.37. The second-order valence-electron chi connectivity index (χ2n) is 7.33. The predicted octanol–water partition coefficient (Wildman–Crippen LogP) is 1.07. The Balaban J connectivity index is 2.81. The number of nitrogens with two attached hydrogens (primary N) is 1. The standard InChI is InChI=1S/C17H28N2O5/c1-17(2,3)11(10-5-6-10)7-8-13(16(23)24-4)19-15(22)12(18)9-14(20)21/h7-8,10-13H,5-6,9,18H2,1-4H3,(H,19,22)(H,20,21)/t11?,12-,13?/m0/s1. The average Bonchev–Trinajstić information content (AvgIpc) is 3.27. The van der Waals surface area contributed by atoms with Crippen LogP contribution in [0.3, 0.4) is 0 Å². The van der Waals surface area contributed by atoms with Crippen molar-refractivity contribution in [1.82, 2.24) is 5.32 Å². The predicted molar refractivity (Wildman–Crippen MR) is 89.0 cm³/mol. The van der Waals surface area contributed by atoms with Crippen molar-refractivity contribution in [2.24, 2.45) is 23.0 Å². The summed E-state index contributed by atoms with van der Waals surface area (Å²) in [6, 6.07) is -2.20. The summed E-state index contributed by atoms with van der Waals surface area (Å²) < 4.78 is 4.71. The van der Waals surface area contributed by atoms with Gasteiger partial charge in [-0.25, -0.2) is 4.79 Å². The van der Waals surface area contributed by atoms with Gasteiger partial charge in [0.1, 0.15) is 6.04 Å². The molecule has 136 valence electrons. The summed E-state index contributed by atoms with van der Waals surface area (Å²) in [6.45, 7) is 6.40. The van der Waals surface area contributed by atoms with E-state index in [1.165, 1.54) is 7.11 Å². The number of hydrogen-bond donors (Lipinski definition) is 3. The summed E-state index contributed by atoms with van der Waals surface area (Å²) in [7, 11) is 1.23. The number of amides is 1. The zero-order chi connectivity index (χ0) is 18.5. The van der Waals surface area contributed by atoms with Crippen molar-refractivity contribution in [3.8, 4) is 0 Å². The van der Waals surface area contributed by atoms with Gasteiger partial charge in [-0.2, -0.15) is 0 Å². The summed E-state index contributed by atoms with van der Waals surface area (Å²) in [5.74, 6) is -1.62. The SMILES string of the molecule is COC(=O)C(C=CC(C1CC1)C(C)(C)C)NC(=O)[C@@H](N)CC(=O)O. The number of aliphatic carboxylic acids is 1. The molecular weight excluding hydrogens is 312 g/mol. The molecule has 1 fully saturated rings. The Kier molecular flexibility index (Phi) is 6.95. The first-order chi connectivity index (χ1) is 11.1. The molecule has 7 nitrogen and oxygen atoms in total. The van der Waals surface area contributed by atoms with Crippen molar-refractivity contribution in [3.05, 3.63) is 12.2 Å². The van der Waals surface area contributed by atoms with E-state index in [-0.39, 0.29) is 11.3 Å². The molecule has 1 amide bonds. The molecule has 0 spiro atoms. The van der Waals surface area contributed by atoms with Gasteiger partial charge < -0.3 is 20.9 Å². The molecule has 1 rings (SSSR count). The van der Waals surface area contributed by atoms with Crippen LogP contribution in [0.5, 0.6) is 0 Å². The Bertz CT molecular complexity index is 506. The maximum Gasteiger partial charge on any atom is 0.332 e. The summed E-state index contributed by atoms with van der Waals surface area (Å²) in [5.41, 5.74) is 5.57. The number of carbonyl (C=O) groups is 3. The lowest BCUT2D eigenvalue weighted by atomic mass is 9.77. The number of rotatable bonds is 8. The van der Waals surface area contributed by atoms with Crippen molar-refractivity contribution in [2.45, 2.75) is 52.1 Å². The number of carbonyl (C=O) groups excluding carboxylic acids is 2. The fourth-order valence-corrected chi connectivity index (χ4v) is 2.69. The fraction of sp³-hybridized carbons (Fsp3) is 0.706. The number of methoxy groups -OCH3 is 1. The Hall–Kier alpha value is -1.89. The molecule has 2 unspecified atom stereocenters. The number of carboxylic acids is 1. The molecule has 0 saturated heterocycles. The van der Waals surface area contributed by atoms with E-state index in [0.29, 0.717) is 5.92 Å². The molecule has 1 aliphatic rings. The van der Waals surface area contributed by atoms with Crippen molar-refractivity contribution in [1.29, 1.82) is 0 Å². The molecule has 0 aliphatic heterocycles. The minimum absolute atomic E-state index is 0.0437. The van der Waals surface area contributed by atoms with Crippen LogP contribution in [0.1, 0.15) is 40.0 Å². The fourth-order valence-electron chi connectivity index (χ4n) is 2.69. The topological polar surface area (TPSA) is 119 Å². The molecule has 4 N–H and O–H groups in total. The minimum Gasteiger partial charge on any atom is -0.481 e. The van der Waals surface area contributed by atoms with Crippen LogP contribution < -0.4 is 11.1 Å². The van der Waals surface area contributed by atoms with Gasteiger partial charge in [0, 0.05) is 0 Å². The first-order valence-electron chi connectivity index (χ1n) is 8.10. The van der Waals surface area contributed by atoms with Crippen LogP contribution in [0, 0.1) is 17.3 Å². The summed E-state index contributed by atoms with van der Waals surface area (Å²) in [5, 5.41) is 11.1. The van der Waals surface area contributed by atoms with E-state index in [9.17, 15) is 14.4 Å². The molecule has 0 heterocycles. The van der Waals surface area contributed by atoms with Crippen LogP contribution >= 0.6 is 0 Å². The zero-order valence-electron chi connectivity index (χ0n) is 14.7. The first-order valence-corrected chi connectivity index (χ1v) is 8.10. The van der Waals surface area contributed by atoms with Crippen LogP contribution in [0.2, 0.25) is 0 Å². The van der Waals surface area contributed by atoms with E-state index in [1.54, 1.807) is 6.08 Å². The highest BCUT2D eigenvalue weighted by Crippen LogP contribution is 2.46. The average molecular weight is 340 g/mol. The third kappa shape index (κ3) is 6.31. The molecule has 1 saturated carbocycles. The van der Waals surface area contributed by atoms with E-state index in [4.69, 9.17) is 15.6 Å². The molecule has 3 atom stereocenters. The normalized spacial score (nSPS) is 18.7. The Morgan fingerprint density at radius 2 is 1.88 bits per heavy atom. The molecule has 7 heteroatoms. The highest BCUT2D eigenvalue weighted by molar-refractivity contribution is 5.90. The van der Waals surface area contributed by atoms with Crippen LogP contribution in [0.25, 0.3) is 0 Å². The minimum atomic E-state index is -1.22. The third-order valence-electron chi connectivity index (χ3n) is 4.12. The molecule has 0 aromatic heterocycles. The lowest BCUT2D eigenvalue weighted by Crippen LogP contribution is -2.48. The van der Waals surface area contributed by atoms with Gasteiger partial charge in [0.25, 0.3) is 0 Å².